The van der Waals surface area contributed by atoms with Crippen LogP contribution in [0, 0.1) is 5.92 Å². The minimum absolute atomic E-state index is 0.149. The van der Waals surface area contributed by atoms with Crippen molar-refractivity contribution in [1.29, 1.82) is 0 Å². The molecule has 3 N–H and O–H groups in total. The second kappa shape index (κ2) is 12.7. The van der Waals surface area contributed by atoms with E-state index in [4.69, 9.17) is 9.47 Å². The standard InChI is InChI=1S/C33H36N2O3/c1-37-30-18-17-29(38-28-15-9-4-10-16-28)21-27(30)23-34-32-26(19-20-36)22-35-33(32)31(24-11-5-2-6-12-24)25-13-7-3-8-14-25/h2-18,21,26,31-36H,19-20,22-23H2,1H3. The lowest BCUT2D eigenvalue weighted by Crippen LogP contribution is -2.46. The van der Waals surface area contributed by atoms with Crippen molar-refractivity contribution in [2.24, 2.45) is 5.92 Å². The number of rotatable bonds is 11. The predicted octanol–water partition coefficient (Wildman–Crippen LogP) is 5.75. The summed E-state index contributed by atoms with van der Waals surface area (Å²) in [5.41, 5.74) is 3.59. The fourth-order valence-electron chi connectivity index (χ4n) is 5.64. The summed E-state index contributed by atoms with van der Waals surface area (Å²) in [5, 5.41) is 17.5. The highest BCUT2D eigenvalue weighted by Crippen LogP contribution is 2.35. The number of aliphatic hydroxyl groups excluding tert-OH is 1. The first-order valence-corrected chi connectivity index (χ1v) is 13.3. The first kappa shape index (κ1) is 26.0. The van der Waals surface area contributed by atoms with Crippen molar-refractivity contribution in [2.75, 3.05) is 20.3 Å². The second-order valence-electron chi connectivity index (χ2n) is 9.80. The number of ether oxygens (including phenoxy) is 2. The zero-order valence-corrected chi connectivity index (χ0v) is 21.8. The molecule has 0 aromatic heterocycles. The Morgan fingerprint density at radius 1 is 0.842 bits per heavy atom. The van der Waals surface area contributed by atoms with Gasteiger partial charge in [-0.25, -0.2) is 0 Å². The topological polar surface area (TPSA) is 62.8 Å². The van der Waals surface area contributed by atoms with Gasteiger partial charge in [-0.3, -0.25) is 0 Å². The monoisotopic (exact) mass is 508 g/mol. The normalized spacial score (nSPS) is 19.0. The van der Waals surface area contributed by atoms with Gasteiger partial charge < -0.3 is 25.2 Å². The van der Waals surface area contributed by atoms with E-state index < -0.39 is 0 Å². The fourth-order valence-corrected chi connectivity index (χ4v) is 5.64. The van der Waals surface area contributed by atoms with Gasteiger partial charge in [0.05, 0.1) is 7.11 Å². The van der Waals surface area contributed by atoms with Gasteiger partial charge in [0, 0.05) is 36.7 Å². The third-order valence-corrected chi connectivity index (χ3v) is 7.45. The van der Waals surface area contributed by atoms with Crippen LogP contribution < -0.4 is 20.1 Å². The van der Waals surface area contributed by atoms with Gasteiger partial charge in [-0.2, -0.15) is 0 Å². The summed E-state index contributed by atoms with van der Waals surface area (Å²) in [6, 6.07) is 37.5. The van der Waals surface area contributed by atoms with Crippen LogP contribution in [-0.4, -0.2) is 37.5 Å². The molecule has 0 saturated carbocycles. The molecule has 1 aliphatic rings. The molecule has 38 heavy (non-hydrogen) atoms. The number of aliphatic hydroxyl groups is 1. The van der Waals surface area contributed by atoms with Gasteiger partial charge >= 0.3 is 0 Å². The van der Waals surface area contributed by atoms with Crippen molar-refractivity contribution in [2.45, 2.75) is 31.0 Å². The number of benzene rings is 4. The fraction of sp³-hybridized carbons (Fsp3) is 0.273. The molecule has 0 bridgehead atoms. The Bertz CT molecular complexity index is 1230. The van der Waals surface area contributed by atoms with Crippen LogP contribution in [0.2, 0.25) is 0 Å². The first-order valence-electron chi connectivity index (χ1n) is 13.3. The summed E-state index contributed by atoms with van der Waals surface area (Å²) < 4.78 is 11.8. The molecule has 1 saturated heterocycles. The van der Waals surface area contributed by atoms with Crippen LogP contribution in [0.5, 0.6) is 17.2 Å². The van der Waals surface area contributed by atoms with Crippen LogP contribution in [0.25, 0.3) is 0 Å². The molecule has 1 fully saturated rings. The van der Waals surface area contributed by atoms with Gasteiger partial charge in [0.25, 0.3) is 0 Å². The maximum absolute atomic E-state index is 9.86. The molecular weight excluding hydrogens is 472 g/mol. The van der Waals surface area contributed by atoms with E-state index in [1.807, 2.05) is 48.5 Å². The Morgan fingerprint density at radius 2 is 1.47 bits per heavy atom. The third kappa shape index (κ3) is 6.08. The average Bonchev–Trinajstić information content (AvgIpc) is 3.36. The van der Waals surface area contributed by atoms with Crippen molar-refractivity contribution in [1.82, 2.24) is 10.6 Å². The van der Waals surface area contributed by atoms with E-state index in [9.17, 15) is 5.11 Å². The third-order valence-electron chi connectivity index (χ3n) is 7.45. The molecule has 0 aliphatic carbocycles. The average molecular weight is 509 g/mol. The van der Waals surface area contributed by atoms with Crippen LogP contribution in [-0.2, 0) is 6.54 Å². The lowest BCUT2D eigenvalue weighted by atomic mass is 9.80. The van der Waals surface area contributed by atoms with Crippen molar-refractivity contribution in [3.05, 3.63) is 126 Å². The summed E-state index contributed by atoms with van der Waals surface area (Å²) in [7, 11) is 1.70. The lowest BCUT2D eigenvalue weighted by Gasteiger charge is -2.32. The molecule has 1 aliphatic heterocycles. The molecule has 1 heterocycles. The summed E-state index contributed by atoms with van der Waals surface area (Å²) in [6.45, 7) is 1.64. The van der Waals surface area contributed by atoms with E-state index in [-0.39, 0.29) is 24.6 Å². The van der Waals surface area contributed by atoms with Gasteiger partial charge in [-0.05, 0) is 60.3 Å². The van der Waals surface area contributed by atoms with Crippen molar-refractivity contribution >= 4 is 0 Å². The summed E-state index contributed by atoms with van der Waals surface area (Å²) in [6.07, 6.45) is 0.742. The molecule has 0 spiro atoms. The Balaban J connectivity index is 1.42. The highest BCUT2D eigenvalue weighted by molar-refractivity contribution is 5.42. The van der Waals surface area contributed by atoms with E-state index >= 15 is 0 Å². The maximum atomic E-state index is 9.86. The number of methoxy groups -OCH3 is 1. The number of hydrogen-bond acceptors (Lipinski definition) is 5. The first-order chi connectivity index (χ1) is 18.8. The van der Waals surface area contributed by atoms with Gasteiger partial charge in [0.2, 0.25) is 0 Å². The molecule has 0 amide bonds. The molecule has 5 rings (SSSR count). The van der Waals surface area contributed by atoms with Crippen LogP contribution in [0.3, 0.4) is 0 Å². The molecule has 0 radical (unpaired) electrons. The minimum Gasteiger partial charge on any atom is -0.496 e. The summed E-state index contributed by atoms with van der Waals surface area (Å²) in [5.74, 6) is 2.87. The van der Waals surface area contributed by atoms with Crippen LogP contribution in [0.1, 0.15) is 29.0 Å². The summed E-state index contributed by atoms with van der Waals surface area (Å²) >= 11 is 0. The summed E-state index contributed by atoms with van der Waals surface area (Å²) in [4.78, 5) is 0. The van der Waals surface area contributed by atoms with Crippen LogP contribution in [0.15, 0.2) is 109 Å². The van der Waals surface area contributed by atoms with E-state index in [0.29, 0.717) is 12.5 Å². The molecular formula is C33H36N2O3. The zero-order chi connectivity index (χ0) is 26.2. The zero-order valence-electron chi connectivity index (χ0n) is 21.8. The highest BCUT2D eigenvalue weighted by Gasteiger charge is 2.40. The van der Waals surface area contributed by atoms with E-state index in [1.54, 1.807) is 7.11 Å². The molecule has 4 aromatic carbocycles. The van der Waals surface area contributed by atoms with Gasteiger partial charge in [-0.1, -0.05) is 78.9 Å². The lowest BCUT2D eigenvalue weighted by molar-refractivity contribution is 0.241. The van der Waals surface area contributed by atoms with Crippen molar-refractivity contribution in [3.63, 3.8) is 0 Å². The SMILES string of the molecule is COc1ccc(Oc2ccccc2)cc1CNC1C(CCO)CNC1C(c1ccccc1)c1ccccc1. The Kier molecular flexibility index (Phi) is 8.71. The van der Waals surface area contributed by atoms with E-state index in [1.165, 1.54) is 11.1 Å². The van der Waals surface area contributed by atoms with Crippen molar-refractivity contribution < 1.29 is 14.6 Å². The highest BCUT2D eigenvalue weighted by atomic mass is 16.5. The molecule has 3 atom stereocenters. The van der Waals surface area contributed by atoms with Crippen molar-refractivity contribution in [3.8, 4) is 17.2 Å². The Morgan fingerprint density at radius 3 is 2.08 bits per heavy atom. The van der Waals surface area contributed by atoms with Gasteiger partial charge in [0.15, 0.2) is 0 Å². The van der Waals surface area contributed by atoms with E-state index in [2.05, 4.69) is 71.3 Å². The molecule has 5 heteroatoms. The Hall–Kier alpha value is -3.64. The molecule has 3 unspecified atom stereocenters. The molecule has 5 nitrogen and oxygen atoms in total. The largest absolute Gasteiger partial charge is 0.496 e. The van der Waals surface area contributed by atoms with E-state index in [0.717, 1.165) is 35.8 Å². The minimum atomic E-state index is 0.149. The van der Waals surface area contributed by atoms with Crippen LogP contribution in [0.4, 0.5) is 0 Å². The number of hydrogen-bond donors (Lipinski definition) is 3. The second-order valence-corrected chi connectivity index (χ2v) is 9.80. The smallest absolute Gasteiger partial charge is 0.128 e. The number of nitrogens with one attached hydrogen (secondary N) is 2. The maximum Gasteiger partial charge on any atom is 0.128 e. The Labute approximate surface area is 225 Å². The van der Waals surface area contributed by atoms with Crippen LogP contribution >= 0.6 is 0 Å². The quantitative estimate of drug-likeness (QED) is 0.241. The number of para-hydroxylation sites is 1. The van der Waals surface area contributed by atoms with Gasteiger partial charge in [-0.15, -0.1) is 0 Å². The molecule has 4 aromatic rings. The predicted molar refractivity (Wildman–Crippen MR) is 152 cm³/mol. The molecule has 196 valence electrons. The van der Waals surface area contributed by atoms with Gasteiger partial charge in [0.1, 0.15) is 17.2 Å².